The molecule has 0 N–H and O–H groups in total. The minimum atomic E-state index is 0.0219. The van der Waals surface area contributed by atoms with E-state index < -0.39 is 0 Å². The molecule has 0 atom stereocenters. The van der Waals surface area contributed by atoms with Gasteiger partial charge in [0.2, 0.25) is 11.1 Å². The Morgan fingerprint density at radius 2 is 1.38 bits per heavy atom. The topological polar surface area (TPSA) is 63.9 Å². The van der Waals surface area contributed by atoms with Crippen molar-refractivity contribution in [3.63, 3.8) is 0 Å². The Bertz CT molecular complexity index is 1010. The predicted octanol–water partition coefficient (Wildman–Crippen LogP) is 4.51. The Kier molecular flexibility index (Phi) is 5.97. The summed E-state index contributed by atoms with van der Waals surface area (Å²) >= 11 is 1.46. The lowest BCUT2D eigenvalue weighted by molar-refractivity contribution is -0.117. The van der Waals surface area contributed by atoms with Crippen molar-refractivity contribution in [2.24, 2.45) is 0 Å². The van der Waals surface area contributed by atoms with Crippen LogP contribution in [0.2, 0.25) is 0 Å². The van der Waals surface area contributed by atoms with Crippen LogP contribution in [-0.2, 0) is 4.79 Å². The molecule has 0 radical (unpaired) electrons. The van der Waals surface area contributed by atoms with Gasteiger partial charge in [0, 0.05) is 23.5 Å². The van der Waals surface area contributed by atoms with Gasteiger partial charge in [-0.3, -0.25) is 9.69 Å². The number of thioether (sulfide) groups is 1. The number of carbonyl (C=O) groups is 1. The van der Waals surface area contributed by atoms with Crippen LogP contribution in [0.25, 0.3) is 5.69 Å². The highest BCUT2D eigenvalue weighted by atomic mass is 32.2. The summed E-state index contributed by atoms with van der Waals surface area (Å²) in [6.07, 6.45) is 0.357. The first kappa shape index (κ1) is 18.9. The first-order chi connectivity index (χ1) is 14.3. The molecule has 29 heavy (non-hydrogen) atoms. The summed E-state index contributed by atoms with van der Waals surface area (Å²) in [6.45, 7) is 0. The van der Waals surface area contributed by atoms with Crippen LogP contribution in [-0.4, -0.2) is 31.9 Å². The molecule has 0 unspecified atom stereocenters. The molecule has 0 aliphatic carbocycles. The number of hydrogen-bond acceptors (Lipinski definition) is 5. The highest BCUT2D eigenvalue weighted by molar-refractivity contribution is 7.99. The van der Waals surface area contributed by atoms with Crippen LogP contribution in [0.5, 0.6) is 0 Å². The number of anilines is 2. The second-order valence-corrected chi connectivity index (χ2v) is 7.27. The molecule has 0 fully saturated rings. The van der Waals surface area contributed by atoms with Gasteiger partial charge in [0.1, 0.15) is 0 Å². The van der Waals surface area contributed by atoms with Crippen molar-refractivity contribution >= 4 is 29.0 Å². The second-order valence-electron chi connectivity index (χ2n) is 6.21. The van der Waals surface area contributed by atoms with Crippen molar-refractivity contribution in [1.82, 2.24) is 20.2 Å². The number of nitrogens with zero attached hydrogens (tertiary/aromatic N) is 5. The van der Waals surface area contributed by atoms with Crippen molar-refractivity contribution in [3.8, 4) is 5.69 Å². The Morgan fingerprint density at radius 3 is 1.97 bits per heavy atom. The molecule has 0 spiro atoms. The largest absolute Gasteiger partial charge is 0.281 e. The van der Waals surface area contributed by atoms with E-state index in [2.05, 4.69) is 15.5 Å². The molecule has 0 aliphatic rings. The number of carbonyl (C=O) groups excluding carboxylic acids is 1. The lowest BCUT2D eigenvalue weighted by Gasteiger charge is -2.23. The smallest absolute Gasteiger partial charge is 0.232 e. The van der Waals surface area contributed by atoms with E-state index in [1.807, 2.05) is 91.0 Å². The molecule has 4 rings (SSSR count). The molecule has 0 bridgehead atoms. The second kappa shape index (κ2) is 9.16. The van der Waals surface area contributed by atoms with E-state index in [9.17, 15) is 4.79 Å². The average molecular weight is 401 g/mol. The summed E-state index contributed by atoms with van der Waals surface area (Å²) < 4.78 is 1.68. The molecule has 6 nitrogen and oxygen atoms in total. The molecule has 0 aliphatic heterocycles. The van der Waals surface area contributed by atoms with Crippen LogP contribution in [0.15, 0.2) is 96.2 Å². The van der Waals surface area contributed by atoms with E-state index in [-0.39, 0.29) is 5.91 Å². The highest BCUT2D eigenvalue weighted by Crippen LogP contribution is 2.27. The molecule has 4 aromatic rings. The SMILES string of the molecule is O=C(CCSc1nnnn1-c1ccccc1)N(c1ccccc1)c1ccccc1. The zero-order chi connectivity index (χ0) is 19.9. The maximum Gasteiger partial charge on any atom is 0.232 e. The van der Waals surface area contributed by atoms with Crippen LogP contribution in [0, 0.1) is 0 Å². The number of aromatic nitrogens is 4. The van der Waals surface area contributed by atoms with E-state index in [0.717, 1.165) is 17.1 Å². The number of para-hydroxylation sites is 3. The minimum absolute atomic E-state index is 0.0219. The van der Waals surface area contributed by atoms with Gasteiger partial charge in [-0.2, -0.15) is 4.68 Å². The molecule has 1 heterocycles. The number of tetrazole rings is 1. The number of hydrogen-bond donors (Lipinski definition) is 0. The molecule has 7 heteroatoms. The zero-order valence-electron chi connectivity index (χ0n) is 15.6. The van der Waals surface area contributed by atoms with Gasteiger partial charge in [-0.25, -0.2) is 0 Å². The number of rotatable bonds is 7. The summed E-state index contributed by atoms with van der Waals surface area (Å²) in [5.74, 6) is 0.594. The third kappa shape index (κ3) is 4.52. The van der Waals surface area contributed by atoms with Crippen molar-refractivity contribution in [1.29, 1.82) is 0 Å². The predicted molar refractivity (Wildman–Crippen MR) is 115 cm³/mol. The van der Waals surface area contributed by atoms with Gasteiger partial charge in [-0.1, -0.05) is 66.4 Å². The summed E-state index contributed by atoms with van der Waals surface area (Å²) in [6, 6.07) is 29.1. The summed E-state index contributed by atoms with van der Waals surface area (Å²) in [5, 5.41) is 12.6. The monoisotopic (exact) mass is 401 g/mol. The van der Waals surface area contributed by atoms with Crippen molar-refractivity contribution in [2.45, 2.75) is 11.6 Å². The molecular formula is C22H19N5OS. The molecule has 3 aromatic carbocycles. The molecule has 0 saturated carbocycles. The molecule has 144 valence electrons. The van der Waals surface area contributed by atoms with Gasteiger partial charge in [-0.05, 0) is 46.8 Å². The van der Waals surface area contributed by atoms with Crippen molar-refractivity contribution in [3.05, 3.63) is 91.0 Å². The lowest BCUT2D eigenvalue weighted by atomic mass is 10.2. The summed E-state index contributed by atoms with van der Waals surface area (Å²) in [5.41, 5.74) is 2.59. The standard InChI is InChI=1S/C22H19N5OS/c28-21(26(18-10-4-1-5-11-18)19-12-6-2-7-13-19)16-17-29-22-23-24-25-27(22)20-14-8-3-9-15-20/h1-15H,16-17H2. The maximum atomic E-state index is 13.1. The fourth-order valence-electron chi connectivity index (χ4n) is 2.93. The van der Waals surface area contributed by atoms with E-state index >= 15 is 0 Å². The van der Waals surface area contributed by atoms with Crippen LogP contribution < -0.4 is 4.90 Å². The van der Waals surface area contributed by atoms with Gasteiger partial charge in [0.15, 0.2) is 0 Å². The Morgan fingerprint density at radius 1 is 0.828 bits per heavy atom. The van der Waals surface area contributed by atoms with Gasteiger partial charge in [0.25, 0.3) is 0 Å². The van der Waals surface area contributed by atoms with E-state index in [0.29, 0.717) is 17.3 Å². The van der Waals surface area contributed by atoms with E-state index in [1.165, 1.54) is 11.8 Å². The molecular weight excluding hydrogens is 382 g/mol. The third-order valence-corrected chi connectivity index (χ3v) is 5.19. The van der Waals surface area contributed by atoms with Gasteiger partial charge in [-0.15, -0.1) is 5.10 Å². The van der Waals surface area contributed by atoms with Crippen LogP contribution >= 0.6 is 11.8 Å². The molecule has 0 saturated heterocycles. The Labute approximate surface area is 173 Å². The van der Waals surface area contributed by atoms with Crippen LogP contribution in [0.1, 0.15) is 6.42 Å². The third-order valence-electron chi connectivity index (χ3n) is 4.27. The summed E-state index contributed by atoms with van der Waals surface area (Å²) in [4.78, 5) is 14.8. The fourth-order valence-corrected chi connectivity index (χ4v) is 3.75. The first-order valence-electron chi connectivity index (χ1n) is 9.22. The zero-order valence-corrected chi connectivity index (χ0v) is 16.4. The van der Waals surface area contributed by atoms with Crippen molar-refractivity contribution < 1.29 is 4.79 Å². The Hall–Kier alpha value is -3.45. The van der Waals surface area contributed by atoms with E-state index in [4.69, 9.17) is 0 Å². The van der Waals surface area contributed by atoms with Gasteiger partial charge in [0.05, 0.1) is 5.69 Å². The average Bonchev–Trinajstić information content (AvgIpc) is 3.25. The number of benzene rings is 3. The normalized spacial score (nSPS) is 10.6. The number of amides is 1. The molecule has 1 amide bonds. The highest BCUT2D eigenvalue weighted by Gasteiger charge is 2.18. The fraction of sp³-hybridized carbons (Fsp3) is 0.0909. The minimum Gasteiger partial charge on any atom is -0.281 e. The maximum absolute atomic E-state index is 13.1. The van der Waals surface area contributed by atoms with Gasteiger partial charge < -0.3 is 0 Å². The first-order valence-corrected chi connectivity index (χ1v) is 10.2. The quantitative estimate of drug-likeness (QED) is 0.426. The lowest BCUT2D eigenvalue weighted by Crippen LogP contribution is -2.26. The van der Waals surface area contributed by atoms with Crippen molar-refractivity contribution in [2.75, 3.05) is 10.7 Å². The van der Waals surface area contributed by atoms with Gasteiger partial charge >= 0.3 is 0 Å². The summed E-state index contributed by atoms with van der Waals surface area (Å²) in [7, 11) is 0. The van der Waals surface area contributed by atoms with Crippen LogP contribution in [0.3, 0.4) is 0 Å². The Balaban J connectivity index is 1.47. The van der Waals surface area contributed by atoms with E-state index in [1.54, 1.807) is 9.58 Å². The molecule has 1 aromatic heterocycles. The van der Waals surface area contributed by atoms with Crippen LogP contribution in [0.4, 0.5) is 11.4 Å².